The van der Waals surface area contributed by atoms with E-state index in [2.05, 4.69) is 5.32 Å². The van der Waals surface area contributed by atoms with Crippen LogP contribution in [-0.4, -0.2) is 26.3 Å². The molecule has 4 nitrogen and oxygen atoms in total. The Morgan fingerprint density at radius 3 is 2.65 bits per heavy atom. The van der Waals surface area contributed by atoms with E-state index in [1.54, 1.807) is 19.1 Å². The van der Waals surface area contributed by atoms with Gasteiger partial charge in [-0.15, -0.1) is 0 Å². The minimum absolute atomic E-state index is 0.0925. The molecule has 1 saturated carbocycles. The summed E-state index contributed by atoms with van der Waals surface area (Å²) in [5.41, 5.74) is 6.90. The molecule has 0 aromatic heterocycles. The van der Waals surface area contributed by atoms with Crippen molar-refractivity contribution in [1.82, 2.24) is 0 Å². The maximum absolute atomic E-state index is 12.1. The molecule has 1 aliphatic rings. The van der Waals surface area contributed by atoms with Gasteiger partial charge in [0.1, 0.15) is 0 Å². The van der Waals surface area contributed by atoms with Crippen LogP contribution in [0, 0.1) is 0 Å². The zero-order valence-corrected chi connectivity index (χ0v) is 12.8. The average Bonchev–Trinajstić information content (AvgIpc) is 2.65. The molecule has 2 rings (SSSR count). The van der Waals surface area contributed by atoms with Crippen molar-refractivity contribution < 1.29 is 8.42 Å². The highest BCUT2D eigenvalue weighted by molar-refractivity contribution is 7.91. The van der Waals surface area contributed by atoms with E-state index in [1.165, 1.54) is 6.42 Å². The summed E-state index contributed by atoms with van der Waals surface area (Å²) in [5.74, 6) is 0.114. The minimum Gasteiger partial charge on any atom is -0.380 e. The summed E-state index contributed by atoms with van der Waals surface area (Å²) >= 11 is 0. The number of benzene rings is 1. The van der Waals surface area contributed by atoms with Crippen LogP contribution in [0.2, 0.25) is 0 Å². The molecule has 5 heteroatoms. The molecule has 0 radical (unpaired) electrons. The summed E-state index contributed by atoms with van der Waals surface area (Å²) in [7, 11) is -3.21. The fraction of sp³-hybridized carbons (Fsp3) is 0.600. The standard InChI is InChI=1S/C15H24N2O2S/c1-2-20(18,19)15-11-7-6-10-14(15)17-13-9-5-3-4-8-12(13)16/h6-7,10-13,17H,2-5,8-9,16H2,1H3. The fourth-order valence-corrected chi connectivity index (χ4v) is 3.79. The van der Waals surface area contributed by atoms with E-state index in [4.69, 9.17) is 5.73 Å². The van der Waals surface area contributed by atoms with Crippen LogP contribution in [0.5, 0.6) is 0 Å². The van der Waals surface area contributed by atoms with Gasteiger partial charge in [-0.05, 0) is 25.0 Å². The quantitative estimate of drug-likeness (QED) is 0.838. The number of sulfone groups is 1. The third-order valence-corrected chi connectivity index (χ3v) is 5.80. The Labute approximate surface area is 121 Å². The third-order valence-electron chi connectivity index (χ3n) is 4.01. The normalized spacial score (nSPS) is 24.1. The van der Waals surface area contributed by atoms with Gasteiger partial charge in [0.15, 0.2) is 9.84 Å². The Morgan fingerprint density at radius 1 is 1.20 bits per heavy atom. The van der Waals surface area contributed by atoms with Gasteiger partial charge in [0.2, 0.25) is 0 Å². The van der Waals surface area contributed by atoms with Crippen LogP contribution in [-0.2, 0) is 9.84 Å². The van der Waals surface area contributed by atoms with Crippen LogP contribution in [0.25, 0.3) is 0 Å². The second-order valence-electron chi connectivity index (χ2n) is 5.45. The van der Waals surface area contributed by atoms with Crippen molar-refractivity contribution in [3.05, 3.63) is 24.3 Å². The topological polar surface area (TPSA) is 72.2 Å². The van der Waals surface area contributed by atoms with Gasteiger partial charge in [0, 0.05) is 12.1 Å². The van der Waals surface area contributed by atoms with Crippen molar-refractivity contribution in [2.24, 2.45) is 5.73 Å². The molecule has 1 aromatic rings. The van der Waals surface area contributed by atoms with Crippen LogP contribution < -0.4 is 11.1 Å². The minimum atomic E-state index is -3.21. The fourth-order valence-electron chi connectivity index (χ4n) is 2.73. The molecule has 2 unspecified atom stereocenters. The molecule has 0 saturated heterocycles. The second-order valence-corrected chi connectivity index (χ2v) is 7.70. The van der Waals surface area contributed by atoms with Gasteiger partial charge in [-0.1, -0.05) is 38.3 Å². The first-order valence-corrected chi connectivity index (χ1v) is 9.03. The lowest BCUT2D eigenvalue weighted by molar-refractivity contribution is 0.527. The Bertz CT molecular complexity index is 543. The number of para-hydroxylation sites is 1. The maximum Gasteiger partial charge on any atom is 0.180 e. The first-order chi connectivity index (χ1) is 9.54. The average molecular weight is 296 g/mol. The monoisotopic (exact) mass is 296 g/mol. The van der Waals surface area contributed by atoms with Crippen molar-refractivity contribution in [2.45, 2.75) is 56.0 Å². The van der Waals surface area contributed by atoms with Gasteiger partial charge in [-0.25, -0.2) is 8.42 Å². The van der Waals surface area contributed by atoms with Crippen molar-refractivity contribution >= 4 is 15.5 Å². The highest BCUT2D eigenvalue weighted by Gasteiger charge is 2.23. The van der Waals surface area contributed by atoms with Gasteiger partial charge >= 0.3 is 0 Å². The molecule has 0 spiro atoms. The molecule has 0 bridgehead atoms. The molecule has 3 N–H and O–H groups in total. The molecule has 1 aliphatic carbocycles. The summed E-state index contributed by atoms with van der Waals surface area (Å²) in [6.45, 7) is 1.67. The smallest absolute Gasteiger partial charge is 0.180 e. The zero-order chi connectivity index (χ0) is 14.6. The molecular weight excluding hydrogens is 272 g/mol. The highest BCUT2D eigenvalue weighted by atomic mass is 32.2. The van der Waals surface area contributed by atoms with Gasteiger partial charge in [0.25, 0.3) is 0 Å². The number of anilines is 1. The SMILES string of the molecule is CCS(=O)(=O)c1ccccc1NC1CCCCCC1N. The zero-order valence-electron chi connectivity index (χ0n) is 12.0. The lowest BCUT2D eigenvalue weighted by Gasteiger charge is -2.25. The van der Waals surface area contributed by atoms with Crippen molar-refractivity contribution in [1.29, 1.82) is 0 Å². The molecular formula is C15H24N2O2S. The van der Waals surface area contributed by atoms with Gasteiger partial charge in [-0.2, -0.15) is 0 Å². The van der Waals surface area contributed by atoms with E-state index in [1.807, 2.05) is 12.1 Å². The predicted molar refractivity (Wildman–Crippen MR) is 82.6 cm³/mol. The van der Waals surface area contributed by atoms with Crippen LogP contribution in [0.4, 0.5) is 5.69 Å². The van der Waals surface area contributed by atoms with Crippen LogP contribution in [0.15, 0.2) is 29.2 Å². The summed E-state index contributed by atoms with van der Waals surface area (Å²) in [6.07, 6.45) is 5.52. The van der Waals surface area contributed by atoms with Gasteiger partial charge < -0.3 is 11.1 Å². The molecule has 0 aliphatic heterocycles. The summed E-state index contributed by atoms with van der Waals surface area (Å²) in [5, 5.41) is 3.38. The van der Waals surface area contributed by atoms with Crippen LogP contribution >= 0.6 is 0 Å². The first-order valence-electron chi connectivity index (χ1n) is 7.38. The summed E-state index contributed by atoms with van der Waals surface area (Å²) in [6, 6.07) is 7.38. The number of hydrogen-bond acceptors (Lipinski definition) is 4. The number of nitrogens with one attached hydrogen (secondary N) is 1. The highest BCUT2D eigenvalue weighted by Crippen LogP contribution is 2.26. The lowest BCUT2D eigenvalue weighted by Crippen LogP contribution is -2.39. The Hall–Kier alpha value is -1.07. The Kier molecular flexibility index (Phi) is 5.05. The van der Waals surface area contributed by atoms with E-state index in [0.717, 1.165) is 25.7 Å². The van der Waals surface area contributed by atoms with E-state index in [-0.39, 0.29) is 17.8 Å². The molecule has 2 atom stereocenters. The number of hydrogen-bond donors (Lipinski definition) is 2. The van der Waals surface area contributed by atoms with Gasteiger partial charge in [0.05, 0.1) is 16.3 Å². The second kappa shape index (κ2) is 6.59. The van der Waals surface area contributed by atoms with Crippen LogP contribution in [0.3, 0.4) is 0 Å². The number of rotatable bonds is 4. The van der Waals surface area contributed by atoms with E-state index < -0.39 is 9.84 Å². The van der Waals surface area contributed by atoms with Crippen molar-refractivity contribution in [3.63, 3.8) is 0 Å². The molecule has 0 amide bonds. The summed E-state index contributed by atoms with van der Waals surface area (Å²) in [4.78, 5) is 0.388. The predicted octanol–water partition coefficient (Wildman–Crippen LogP) is 2.55. The van der Waals surface area contributed by atoms with Crippen molar-refractivity contribution in [3.8, 4) is 0 Å². The Morgan fingerprint density at radius 2 is 1.90 bits per heavy atom. The maximum atomic E-state index is 12.1. The third kappa shape index (κ3) is 3.52. The molecule has 112 valence electrons. The molecule has 1 aromatic carbocycles. The van der Waals surface area contributed by atoms with E-state index >= 15 is 0 Å². The molecule has 1 fully saturated rings. The van der Waals surface area contributed by atoms with Crippen LogP contribution in [0.1, 0.15) is 39.0 Å². The number of nitrogens with two attached hydrogens (primary N) is 1. The van der Waals surface area contributed by atoms with E-state index in [9.17, 15) is 8.42 Å². The molecule has 20 heavy (non-hydrogen) atoms. The largest absolute Gasteiger partial charge is 0.380 e. The molecule has 0 heterocycles. The van der Waals surface area contributed by atoms with Crippen molar-refractivity contribution in [2.75, 3.05) is 11.1 Å². The first kappa shape index (κ1) is 15.3. The Balaban J connectivity index is 2.25. The van der Waals surface area contributed by atoms with Gasteiger partial charge in [-0.3, -0.25) is 0 Å². The van der Waals surface area contributed by atoms with E-state index in [0.29, 0.717) is 10.6 Å². The lowest BCUT2D eigenvalue weighted by atomic mass is 10.0. The summed E-state index contributed by atoms with van der Waals surface area (Å²) < 4.78 is 24.3.